The monoisotopic (exact) mass is 437 g/mol. The molecule has 0 aliphatic carbocycles. The molecule has 0 saturated carbocycles. The van der Waals surface area contributed by atoms with Crippen LogP contribution in [-0.4, -0.2) is 69.2 Å². The Kier molecular flexibility index (Phi) is 6.61. The lowest BCUT2D eigenvalue weighted by molar-refractivity contribution is 0.0641. The average molecular weight is 437 g/mol. The van der Waals surface area contributed by atoms with Crippen molar-refractivity contribution in [1.82, 2.24) is 9.80 Å². The van der Waals surface area contributed by atoms with Gasteiger partial charge >= 0.3 is 5.63 Å². The van der Waals surface area contributed by atoms with Gasteiger partial charge in [0.1, 0.15) is 5.58 Å². The van der Waals surface area contributed by atoms with Gasteiger partial charge in [0, 0.05) is 56.3 Å². The van der Waals surface area contributed by atoms with E-state index in [4.69, 9.17) is 13.9 Å². The quantitative estimate of drug-likeness (QED) is 0.569. The van der Waals surface area contributed by atoms with Crippen LogP contribution in [0.3, 0.4) is 0 Å². The molecule has 1 aliphatic heterocycles. The minimum absolute atomic E-state index is 0.00814. The molecule has 1 N–H and O–H groups in total. The van der Waals surface area contributed by atoms with Crippen molar-refractivity contribution in [3.8, 4) is 11.5 Å². The van der Waals surface area contributed by atoms with Crippen molar-refractivity contribution in [2.75, 3.05) is 58.8 Å². The molecule has 1 amide bonds. The Hall–Kier alpha value is -3.52. The number of fused-ring (bicyclic) bond motifs is 1. The zero-order chi connectivity index (χ0) is 22.5. The lowest BCUT2D eigenvalue weighted by atomic mass is 10.1. The molecule has 2 heterocycles. The summed E-state index contributed by atoms with van der Waals surface area (Å²) < 4.78 is 15.8. The predicted molar refractivity (Wildman–Crippen MR) is 123 cm³/mol. The van der Waals surface area contributed by atoms with E-state index in [-0.39, 0.29) is 11.5 Å². The molecule has 32 heavy (non-hydrogen) atoms. The van der Waals surface area contributed by atoms with Gasteiger partial charge in [0.2, 0.25) is 0 Å². The Morgan fingerprint density at radius 1 is 1.00 bits per heavy atom. The van der Waals surface area contributed by atoms with Crippen LogP contribution in [0.25, 0.3) is 11.0 Å². The first-order chi connectivity index (χ1) is 15.6. The fourth-order valence-electron chi connectivity index (χ4n) is 3.93. The molecule has 168 valence electrons. The highest BCUT2D eigenvalue weighted by Gasteiger charge is 2.23. The summed E-state index contributed by atoms with van der Waals surface area (Å²) in [5.74, 6) is 1.14. The van der Waals surface area contributed by atoms with Crippen molar-refractivity contribution < 1.29 is 18.7 Å². The normalized spacial score (nSPS) is 14.4. The summed E-state index contributed by atoms with van der Waals surface area (Å²) in [6, 6.07) is 14.2. The van der Waals surface area contributed by atoms with Gasteiger partial charge < -0.3 is 24.1 Å². The smallest absolute Gasteiger partial charge is 0.338 e. The molecule has 0 spiro atoms. The fourth-order valence-corrected chi connectivity index (χ4v) is 3.93. The Morgan fingerprint density at radius 2 is 1.75 bits per heavy atom. The van der Waals surface area contributed by atoms with E-state index < -0.39 is 0 Å². The zero-order valence-electron chi connectivity index (χ0n) is 18.3. The Morgan fingerprint density at radius 3 is 2.50 bits per heavy atom. The van der Waals surface area contributed by atoms with Gasteiger partial charge in [-0.3, -0.25) is 9.69 Å². The van der Waals surface area contributed by atoms with E-state index in [1.165, 1.54) is 6.07 Å². The van der Waals surface area contributed by atoms with Gasteiger partial charge in [0.05, 0.1) is 19.9 Å². The molecular formula is C24H27N3O5. The molecule has 0 unspecified atom stereocenters. The number of ether oxygens (including phenoxy) is 2. The second-order valence-corrected chi connectivity index (χ2v) is 7.61. The second-order valence-electron chi connectivity index (χ2n) is 7.61. The van der Waals surface area contributed by atoms with E-state index in [9.17, 15) is 9.59 Å². The highest BCUT2D eigenvalue weighted by atomic mass is 16.5. The number of hydrogen-bond acceptors (Lipinski definition) is 7. The van der Waals surface area contributed by atoms with Gasteiger partial charge in [0.25, 0.3) is 5.91 Å². The van der Waals surface area contributed by atoms with Crippen LogP contribution in [0, 0.1) is 0 Å². The molecule has 1 aromatic heterocycles. The van der Waals surface area contributed by atoms with E-state index in [0.717, 1.165) is 30.7 Å². The van der Waals surface area contributed by atoms with Gasteiger partial charge in [-0.05, 0) is 30.3 Å². The van der Waals surface area contributed by atoms with Crippen molar-refractivity contribution >= 4 is 22.6 Å². The third-order valence-corrected chi connectivity index (χ3v) is 5.68. The molecule has 3 aromatic rings. The first-order valence-corrected chi connectivity index (χ1v) is 10.6. The first-order valence-electron chi connectivity index (χ1n) is 10.6. The number of piperazine rings is 1. The number of hydrogen-bond donors (Lipinski definition) is 1. The molecule has 0 radical (unpaired) electrons. The third kappa shape index (κ3) is 4.70. The molecule has 0 atom stereocenters. The topological polar surface area (TPSA) is 84.3 Å². The minimum atomic E-state index is -0.367. The van der Waals surface area contributed by atoms with E-state index in [2.05, 4.69) is 10.2 Å². The number of nitrogens with one attached hydrogen (secondary N) is 1. The molecule has 1 aliphatic rings. The number of nitrogens with zero attached hydrogens (tertiary/aromatic N) is 2. The molecule has 8 nitrogen and oxygen atoms in total. The highest BCUT2D eigenvalue weighted by molar-refractivity contribution is 5.95. The average Bonchev–Trinajstić information content (AvgIpc) is 2.83. The summed E-state index contributed by atoms with van der Waals surface area (Å²) in [5.41, 5.74) is 1.57. The number of anilines is 1. The van der Waals surface area contributed by atoms with Crippen LogP contribution in [0.5, 0.6) is 11.5 Å². The second kappa shape index (κ2) is 9.74. The standard InChI is InChI=1S/C24H27N3O5/c1-30-21-8-7-17(15-22(21)31-2)24(29)27-13-11-26(12-14-27)10-9-25-19-16-23(28)32-20-6-4-3-5-18(19)20/h3-8,15-16,25H,9-14H2,1-2H3. The van der Waals surface area contributed by atoms with Gasteiger partial charge in [0.15, 0.2) is 11.5 Å². The fraction of sp³-hybridized carbons (Fsp3) is 0.333. The van der Waals surface area contributed by atoms with Crippen LogP contribution >= 0.6 is 0 Å². The molecule has 1 fully saturated rings. The maximum atomic E-state index is 12.9. The number of methoxy groups -OCH3 is 2. The van der Waals surface area contributed by atoms with Crippen molar-refractivity contribution in [3.05, 3.63) is 64.5 Å². The molecule has 4 rings (SSSR count). The Balaban J connectivity index is 1.30. The summed E-state index contributed by atoms with van der Waals surface area (Å²) in [6.45, 7) is 4.40. The van der Waals surface area contributed by atoms with E-state index in [0.29, 0.717) is 42.3 Å². The first kappa shape index (κ1) is 21.7. The predicted octanol–water partition coefficient (Wildman–Crippen LogP) is 2.68. The van der Waals surface area contributed by atoms with Gasteiger partial charge in [-0.25, -0.2) is 4.79 Å². The van der Waals surface area contributed by atoms with Gasteiger partial charge in [-0.15, -0.1) is 0 Å². The minimum Gasteiger partial charge on any atom is -0.493 e. The van der Waals surface area contributed by atoms with E-state index in [1.807, 2.05) is 23.1 Å². The zero-order valence-corrected chi connectivity index (χ0v) is 18.3. The number of benzene rings is 2. The molecule has 8 heteroatoms. The van der Waals surface area contributed by atoms with Crippen molar-refractivity contribution in [2.24, 2.45) is 0 Å². The van der Waals surface area contributed by atoms with Gasteiger partial charge in [-0.1, -0.05) is 12.1 Å². The SMILES string of the molecule is COc1ccc(C(=O)N2CCN(CCNc3cc(=O)oc4ccccc34)CC2)cc1OC. The summed E-state index contributed by atoms with van der Waals surface area (Å²) in [7, 11) is 3.13. The molecule has 0 bridgehead atoms. The molecule has 2 aromatic carbocycles. The Labute approximate surface area is 186 Å². The van der Waals surface area contributed by atoms with Crippen molar-refractivity contribution in [1.29, 1.82) is 0 Å². The summed E-state index contributed by atoms with van der Waals surface area (Å²) in [4.78, 5) is 28.8. The van der Waals surface area contributed by atoms with Crippen LogP contribution in [0.2, 0.25) is 0 Å². The maximum absolute atomic E-state index is 12.9. The molecular weight excluding hydrogens is 410 g/mol. The number of carbonyl (C=O) groups is 1. The lowest BCUT2D eigenvalue weighted by Crippen LogP contribution is -2.49. The van der Waals surface area contributed by atoms with Crippen LogP contribution in [0.4, 0.5) is 5.69 Å². The maximum Gasteiger partial charge on any atom is 0.338 e. The van der Waals surface area contributed by atoms with Crippen LogP contribution in [-0.2, 0) is 0 Å². The van der Waals surface area contributed by atoms with Crippen LogP contribution in [0.1, 0.15) is 10.4 Å². The number of carbonyl (C=O) groups excluding carboxylic acids is 1. The van der Waals surface area contributed by atoms with Gasteiger partial charge in [-0.2, -0.15) is 0 Å². The van der Waals surface area contributed by atoms with Crippen LogP contribution in [0.15, 0.2) is 57.7 Å². The third-order valence-electron chi connectivity index (χ3n) is 5.68. The van der Waals surface area contributed by atoms with E-state index in [1.54, 1.807) is 38.5 Å². The number of para-hydroxylation sites is 1. The van der Waals surface area contributed by atoms with Crippen molar-refractivity contribution in [2.45, 2.75) is 0 Å². The summed E-state index contributed by atoms with van der Waals surface area (Å²) in [6.07, 6.45) is 0. The lowest BCUT2D eigenvalue weighted by Gasteiger charge is -2.35. The largest absolute Gasteiger partial charge is 0.493 e. The Bertz CT molecular complexity index is 1150. The highest BCUT2D eigenvalue weighted by Crippen LogP contribution is 2.28. The summed E-state index contributed by atoms with van der Waals surface area (Å²) >= 11 is 0. The number of amides is 1. The van der Waals surface area contributed by atoms with Crippen molar-refractivity contribution in [3.63, 3.8) is 0 Å². The number of rotatable bonds is 7. The van der Waals surface area contributed by atoms with Crippen LogP contribution < -0.4 is 20.4 Å². The molecule has 1 saturated heterocycles. The van der Waals surface area contributed by atoms with E-state index >= 15 is 0 Å². The summed E-state index contributed by atoms with van der Waals surface area (Å²) in [5, 5.41) is 4.24.